The van der Waals surface area contributed by atoms with E-state index in [0.717, 1.165) is 11.8 Å². The molecule has 0 amide bonds. The van der Waals surface area contributed by atoms with Crippen LogP contribution in [0, 0.1) is 11.8 Å². The van der Waals surface area contributed by atoms with Gasteiger partial charge in [-0.2, -0.15) is 0 Å². The Balaban J connectivity index is 2.15. The first-order chi connectivity index (χ1) is 5.77. The zero-order valence-electron chi connectivity index (χ0n) is 7.96. The van der Waals surface area contributed by atoms with Crippen molar-refractivity contribution in [1.29, 1.82) is 0 Å². The lowest BCUT2D eigenvalue weighted by atomic mass is 9.88. The summed E-state index contributed by atoms with van der Waals surface area (Å²) in [4.78, 5) is 0. The van der Waals surface area contributed by atoms with Gasteiger partial charge in [0.15, 0.2) is 0 Å². The lowest BCUT2D eigenvalue weighted by Gasteiger charge is -2.27. The van der Waals surface area contributed by atoms with Crippen LogP contribution in [0.5, 0.6) is 0 Å². The van der Waals surface area contributed by atoms with Crippen LogP contribution in [0.2, 0.25) is 0 Å². The molecule has 1 aromatic rings. The van der Waals surface area contributed by atoms with E-state index in [9.17, 15) is 0 Å². The summed E-state index contributed by atoms with van der Waals surface area (Å²) < 4.78 is 2.41. The number of aryl methyl sites for hydroxylation is 1. The maximum Gasteiger partial charge on any atom is 0.0253 e. The van der Waals surface area contributed by atoms with Gasteiger partial charge in [-0.25, -0.2) is 0 Å². The van der Waals surface area contributed by atoms with Crippen LogP contribution in [0.25, 0.3) is 0 Å². The molecule has 12 heavy (non-hydrogen) atoms. The predicted octanol–water partition coefficient (Wildman–Crippen LogP) is 2.71. The molecule has 1 unspecified atom stereocenters. The van der Waals surface area contributed by atoms with Crippen LogP contribution in [0.4, 0.5) is 0 Å². The Morgan fingerprint density at radius 2 is 2.33 bits per heavy atom. The minimum absolute atomic E-state index is 0.834. The summed E-state index contributed by atoms with van der Waals surface area (Å²) in [7, 11) is 0. The molecule has 0 spiro atoms. The first kappa shape index (κ1) is 7.90. The number of nitrogens with zero attached hydrogens (tertiary/aromatic N) is 1. The summed E-state index contributed by atoms with van der Waals surface area (Å²) in [5.41, 5.74) is 1.52. The van der Waals surface area contributed by atoms with Crippen molar-refractivity contribution in [3.05, 3.63) is 24.0 Å². The lowest BCUT2D eigenvalue weighted by Crippen LogP contribution is -2.23. The van der Waals surface area contributed by atoms with Crippen molar-refractivity contribution >= 4 is 0 Å². The van der Waals surface area contributed by atoms with Gasteiger partial charge < -0.3 is 4.57 Å². The number of aromatic nitrogens is 1. The summed E-state index contributed by atoms with van der Waals surface area (Å²) in [5, 5.41) is 0. The molecule has 1 aliphatic rings. The Hall–Kier alpha value is -0.720. The highest BCUT2D eigenvalue weighted by atomic mass is 15.0. The molecule has 1 aromatic heterocycles. The molecule has 1 heteroatoms. The Kier molecular flexibility index (Phi) is 1.95. The SMILES string of the molecule is CC(C)C1CCc2cccn2C1. The second kappa shape index (κ2) is 2.96. The van der Waals surface area contributed by atoms with Crippen molar-refractivity contribution in [2.24, 2.45) is 11.8 Å². The predicted molar refractivity (Wildman–Crippen MR) is 51.1 cm³/mol. The highest BCUT2D eigenvalue weighted by molar-refractivity contribution is 5.09. The maximum atomic E-state index is 2.41. The fourth-order valence-corrected chi connectivity index (χ4v) is 2.08. The second-order valence-electron chi connectivity index (χ2n) is 4.19. The standard InChI is InChI=1S/C11H17N/c1-9(2)10-5-6-11-4-3-7-12(11)8-10/h3-4,7,9-10H,5-6,8H2,1-2H3. The van der Waals surface area contributed by atoms with E-state index in [1.54, 1.807) is 0 Å². The molecule has 0 radical (unpaired) electrons. The topological polar surface area (TPSA) is 4.93 Å². The first-order valence-electron chi connectivity index (χ1n) is 4.91. The van der Waals surface area contributed by atoms with Crippen LogP contribution in [0.3, 0.4) is 0 Å². The number of hydrogen-bond acceptors (Lipinski definition) is 0. The van der Waals surface area contributed by atoms with Crippen LogP contribution in [0.15, 0.2) is 18.3 Å². The molecule has 0 bridgehead atoms. The Morgan fingerprint density at radius 1 is 1.50 bits per heavy atom. The van der Waals surface area contributed by atoms with E-state index in [4.69, 9.17) is 0 Å². The Bertz CT molecular complexity index is 260. The molecule has 1 aliphatic heterocycles. The van der Waals surface area contributed by atoms with Crippen molar-refractivity contribution < 1.29 is 0 Å². The maximum absolute atomic E-state index is 2.41. The minimum Gasteiger partial charge on any atom is -0.351 e. The van der Waals surface area contributed by atoms with Gasteiger partial charge in [0, 0.05) is 18.4 Å². The molecule has 1 atom stereocenters. The molecule has 66 valence electrons. The smallest absolute Gasteiger partial charge is 0.0253 e. The third kappa shape index (κ3) is 1.28. The van der Waals surface area contributed by atoms with Crippen LogP contribution >= 0.6 is 0 Å². The van der Waals surface area contributed by atoms with Crippen molar-refractivity contribution in [3.63, 3.8) is 0 Å². The molecule has 2 heterocycles. The summed E-state index contributed by atoms with van der Waals surface area (Å²) in [6.45, 7) is 5.90. The quantitative estimate of drug-likeness (QED) is 0.600. The first-order valence-corrected chi connectivity index (χ1v) is 4.91. The molecule has 0 N–H and O–H groups in total. The number of hydrogen-bond donors (Lipinski definition) is 0. The van der Waals surface area contributed by atoms with E-state index in [0.29, 0.717) is 0 Å². The molecule has 0 saturated carbocycles. The normalized spacial score (nSPS) is 22.8. The van der Waals surface area contributed by atoms with E-state index >= 15 is 0 Å². The fourth-order valence-electron chi connectivity index (χ4n) is 2.08. The van der Waals surface area contributed by atoms with Gasteiger partial charge in [-0.15, -0.1) is 0 Å². The summed E-state index contributed by atoms with van der Waals surface area (Å²) >= 11 is 0. The van der Waals surface area contributed by atoms with Gasteiger partial charge in [-0.1, -0.05) is 13.8 Å². The van der Waals surface area contributed by atoms with Crippen molar-refractivity contribution in [1.82, 2.24) is 4.57 Å². The van der Waals surface area contributed by atoms with Crippen LogP contribution < -0.4 is 0 Å². The third-order valence-corrected chi connectivity index (χ3v) is 3.07. The van der Waals surface area contributed by atoms with E-state index in [2.05, 4.69) is 36.7 Å². The van der Waals surface area contributed by atoms with Gasteiger partial charge >= 0.3 is 0 Å². The minimum atomic E-state index is 0.834. The van der Waals surface area contributed by atoms with Crippen molar-refractivity contribution in [2.45, 2.75) is 33.2 Å². The largest absolute Gasteiger partial charge is 0.351 e. The molecule has 0 aliphatic carbocycles. The van der Waals surface area contributed by atoms with Crippen LogP contribution in [-0.2, 0) is 13.0 Å². The molecular formula is C11H17N. The Labute approximate surface area is 74.4 Å². The molecule has 0 fully saturated rings. The molecule has 2 rings (SSSR count). The lowest BCUT2D eigenvalue weighted by molar-refractivity contribution is 0.285. The zero-order valence-corrected chi connectivity index (χ0v) is 7.96. The summed E-state index contributed by atoms with van der Waals surface area (Å²) in [6, 6.07) is 4.41. The van der Waals surface area contributed by atoms with E-state index in [1.165, 1.54) is 25.1 Å². The monoisotopic (exact) mass is 163 g/mol. The summed E-state index contributed by atoms with van der Waals surface area (Å²) in [5.74, 6) is 1.73. The number of rotatable bonds is 1. The van der Waals surface area contributed by atoms with Crippen molar-refractivity contribution in [2.75, 3.05) is 0 Å². The Morgan fingerprint density at radius 3 is 3.08 bits per heavy atom. The highest BCUT2D eigenvalue weighted by Gasteiger charge is 2.19. The van der Waals surface area contributed by atoms with Gasteiger partial charge in [0.1, 0.15) is 0 Å². The van der Waals surface area contributed by atoms with Gasteiger partial charge in [-0.3, -0.25) is 0 Å². The molecular weight excluding hydrogens is 146 g/mol. The molecule has 0 saturated heterocycles. The van der Waals surface area contributed by atoms with Gasteiger partial charge in [-0.05, 0) is 36.8 Å². The number of fused-ring (bicyclic) bond motifs is 1. The van der Waals surface area contributed by atoms with Gasteiger partial charge in [0.05, 0.1) is 0 Å². The van der Waals surface area contributed by atoms with E-state index in [-0.39, 0.29) is 0 Å². The van der Waals surface area contributed by atoms with Crippen LogP contribution in [0.1, 0.15) is 26.0 Å². The molecule has 1 nitrogen and oxygen atoms in total. The summed E-state index contributed by atoms with van der Waals surface area (Å²) in [6.07, 6.45) is 4.86. The van der Waals surface area contributed by atoms with E-state index < -0.39 is 0 Å². The van der Waals surface area contributed by atoms with Gasteiger partial charge in [0.25, 0.3) is 0 Å². The second-order valence-corrected chi connectivity index (χ2v) is 4.19. The van der Waals surface area contributed by atoms with Crippen molar-refractivity contribution in [3.8, 4) is 0 Å². The zero-order chi connectivity index (χ0) is 8.55. The third-order valence-electron chi connectivity index (χ3n) is 3.07. The average Bonchev–Trinajstić information content (AvgIpc) is 2.49. The van der Waals surface area contributed by atoms with Crippen LogP contribution in [-0.4, -0.2) is 4.57 Å². The average molecular weight is 163 g/mol. The molecule has 0 aromatic carbocycles. The highest BCUT2D eigenvalue weighted by Crippen LogP contribution is 2.25. The van der Waals surface area contributed by atoms with Gasteiger partial charge in [0.2, 0.25) is 0 Å². The fraction of sp³-hybridized carbons (Fsp3) is 0.636. The van der Waals surface area contributed by atoms with E-state index in [1.807, 2.05) is 0 Å².